The molecule has 1 N–H and O–H groups in total. The molecule has 0 radical (unpaired) electrons. The summed E-state index contributed by atoms with van der Waals surface area (Å²) in [4.78, 5) is 12.6. The van der Waals surface area contributed by atoms with E-state index in [9.17, 15) is 5.11 Å². The summed E-state index contributed by atoms with van der Waals surface area (Å²) in [6.45, 7) is 0.286. The van der Waals surface area contributed by atoms with Gasteiger partial charge in [-0.15, -0.1) is 11.3 Å². The van der Waals surface area contributed by atoms with Crippen molar-refractivity contribution in [1.29, 1.82) is 0 Å². The lowest BCUT2D eigenvalue weighted by Crippen LogP contribution is -2.44. The van der Waals surface area contributed by atoms with E-state index in [0.717, 1.165) is 41.7 Å². The van der Waals surface area contributed by atoms with Gasteiger partial charge in [-0.1, -0.05) is 30.3 Å². The predicted molar refractivity (Wildman–Crippen MR) is 107 cm³/mol. The zero-order valence-electron chi connectivity index (χ0n) is 14.3. The molecule has 0 spiro atoms. The number of hydrogen-bond acceptors (Lipinski definition) is 5. The predicted octanol–water partition coefficient (Wildman–Crippen LogP) is 4.75. The molecule has 26 heavy (non-hydrogen) atoms. The lowest BCUT2D eigenvalue weighted by molar-refractivity contribution is 0.185. The molecule has 2 saturated heterocycles. The topological polar surface area (TPSA) is 49.2 Å². The highest BCUT2D eigenvalue weighted by Crippen LogP contribution is 2.46. The first-order valence-corrected chi connectivity index (χ1v) is 10.4. The zero-order chi connectivity index (χ0) is 17.7. The van der Waals surface area contributed by atoms with Crippen molar-refractivity contribution in [2.75, 3.05) is 11.5 Å². The summed E-state index contributed by atoms with van der Waals surface area (Å²) in [5, 5.41) is 13.2. The number of nitrogens with zero attached hydrogens (tertiary/aromatic N) is 3. The first kappa shape index (κ1) is 16.5. The van der Waals surface area contributed by atoms with E-state index in [0.29, 0.717) is 23.3 Å². The number of benzene rings is 1. The number of anilines is 1. The molecule has 2 bridgehead atoms. The molecule has 0 saturated carbocycles. The van der Waals surface area contributed by atoms with Gasteiger partial charge >= 0.3 is 0 Å². The van der Waals surface area contributed by atoms with E-state index in [-0.39, 0.29) is 6.61 Å². The summed E-state index contributed by atoms with van der Waals surface area (Å²) in [5.41, 5.74) is 2.37. The van der Waals surface area contributed by atoms with Crippen molar-refractivity contribution in [2.45, 2.75) is 37.8 Å². The number of aliphatic hydroxyl groups excluding tert-OH is 1. The minimum absolute atomic E-state index is 0.286. The summed E-state index contributed by atoms with van der Waals surface area (Å²) in [5.74, 6) is 1.39. The minimum Gasteiger partial charge on any atom is -0.396 e. The minimum atomic E-state index is 0.286. The average molecular weight is 386 g/mol. The molecule has 2 aromatic heterocycles. The van der Waals surface area contributed by atoms with Crippen molar-refractivity contribution in [2.24, 2.45) is 5.92 Å². The van der Waals surface area contributed by atoms with Crippen LogP contribution in [0.3, 0.4) is 0 Å². The van der Waals surface area contributed by atoms with Gasteiger partial charge < -0.3 is 10.0 Å². The first-order chi connectivity index (χ1) is 12.7. The van der Waals surface area contributed by atoms with E-state index in [4.69, 9.17) is 16.6 Å². The Labute approximate surface area is 161 Å². The van der Waals surface area contributed by atoms with Crippen molar-refractivity contribution < 1.29 is 5.11 Å². The number of aliphatic hydroxyl groups is 1. The van der Waals surface area contributed by atoms with Crippen molar-refractivity contribution >= 4 is 39.0 Å². The quantitative estimate of drug-likeness (QED) is 0.661. The van der Waals surface area contributed by atoms with Crippen molar-refractivity contribution in [3.8, 4) is 11.1 Å². The van der Waals surface area contributed by atoms with Gasteiger partial charge in [0, 0.05) is 29.6 Å². The SMILES string of the molecule is OCC1CC2CCC(C1)N2c1nc(Cl)nc2scc(-c3ccccc3)c12. The van der Waals surface area contributed by atoms with Crippen molar-refractivity contribution in [1.82, 2.24) is 9.97 Å². The number of halogens is 1. The average Bonchev–Trinajstić information content (AvgIpc) is 3.20. The third-order valence-electron chi connectivity index (χ3n) is 5.81. The van der Waals surface area contributed by atoms with Crippen LogP contribution in [0.4, 0.5) is 5.82 Å². The molecule has 2 aliphatic heterocycles. The van der Waals surface area contributed by atoms with Crippen molar-refractivity contribution in [3.63, 3.8) is 0 Å². The van der Waals surface area contributed by atoms with Crippen LogP contribution in [-0.2, 0) is 0 Å². The van der Waals surface area contributed by atoms with Gasteiger partial charge in [-0.2, -0.15) is 4.98 Å². The van der Waals surface area contributed by atoms with Crippen LogP contribution in [0.1, 0.15) is 25.7 Å². The lowest BCUT2D eigenvalue weighted by atomic mass is 9.91. The maximum absolute atomic E-state index is 9.62. The Kier molecular flexibility index (Phi) is 4.11. The number of rotatable bonds is 3. The molecular weight excluding hydrogens is 366 g/mol. The smallest absolute Gasteiger partial charge is 0.225 e. The number of thiophene rings is 1. The van der Waals surface area contributed by atoms with Gasteiger partial charge in [-0.25, -0.2) is 4.98 Å². The second-order valence-corrected chi connectivity index (χ2v) is 8.52. The molecule has 1 aromatic carbocycles. The standard InChI is InChI=1S/C20H20ClN3OS/c21-20-22-18(24-14-6-7-15(24)9-12(8-14)10-25)17-16(11-26-19(17)23-20)13-4-2-1-3-5-13/h1-5,11-12,14-15,25H,6-10H2. The Bertz CT molecular complexity index is 931. The molecule has 0 amide bonds. The molecule has 0 aliphatic carbocycles. The summed E-state index contributed by atoms with van der Waals surface area (Å²) < 4.78 is 0. The molecule has 2 atom stereocenters. The first-order valence-electron chi connectivity index (χ1n) is 9.14. The number of aromatic nitrogens is 2. The van der Waals surface area contributed by atoms with E-state index in [2.05, 4.69) is 39.5 Å². The second-order valence-electron chi connectivity index (χ2n) is 7.32. The molecule has 6 heteroatoms. The third-order valence-corrected chi connectivity index (χ3v) is 6.85. The van der Waals surface area contributed by atoms with E-state index in [1.165, 1.54) is 11.1 Å². The monoisotopic (exact) mass is 385 g/mol. The maximum atomic E-state index is 9.62. The van der Waals surface area contributed by atoms with Crippen LogP contribution in [0, 0.1) is 5.92 Å². The summed E-state index contributed by atoms with van der Waals surface area (Å²) in [6.07, 6.45) is 4.38. The van der Waals surface area contributed by atoms with E-state index >= 15 is 0 Å². The van der Waals surface area contributed by atoms with Crippen LogP contribution in [0.5, 0.6) is 0 Å². The number of fused-ring (bicyclic) bond motifs is 3. The van der Waals surface area contributed by atoms with E-state index in [1.54, 1.807) is 11.3 Å². The molecule has 4 nitrogen and oxygen atoms in total. The lowest BCUT2D eigenvalue weighted by Gasteiger charge is -2.39. The van der Waals surface area contributed by atoms with Gasteiger partial charge in [0.2, 0.25) is 5.28 Å². The molecule has 3 aromatic rings. The van der Waals surface area contributed by atoms with E-state index in [1.807, 2.05) is 6.07 Å². The Hall–Kier alpha value is -1.69. The highest BCUT2D eigenvalue weighted by atomic mass is 35.5. The van der Waals surface area contributed by atoms with Crippen molar-refractivity contribution in [3.05, 3.63) is 41.0 Å². The number of piperidine rings is 1. The van der Waals surface area contributed by atoms with Crippen LogP contribution >= 0.6 is 22.9 Å². The van der Waals surface area contributed by atoms with Crippen LogP contribution in [-0.4, -0.2) is 33.8 Å². The van der Waals surface area contributed by atoms with Gasteiger partial charge in [0.1, 0.15) is 10.6 Å². The molecule has 4 heterocycles. The summed E-state index contributed by atoms with van der Waals surface area (Å²) >= 11 is 7.91. The molecule has 2 aliphatic rings. The Morgan fingerprint density at radius 2 is 1.85 bits per heavy atom. The third kappa shape index (κ3) is 2.61. The van der Waals surface area contributed by atoms with Crippen LogP contribution in [0.15, 0.2) is 35.7 Å². The molecular formula is C20H20ClN3OS. The fraction of sp³-hybridized carbons (Fsp3) is 0.400. The Balaban J connectivity index is 1.67. The second kappa shape index (κ2) is 6.48. The van der Waals surface area contributed by atoms with Crippen LogP contribution in [0.25, 0.3) is 21.3 Å². The summed E-state index contributed by atoms with van der Waals surface area (Å²) in [6, 6.07) is 11.3. The van der Waals surface area contributed by atoms with Crippen LogP contribution in [0.2, 0.25) is 5.28 Å². The summed E-state index contributed by atoms with van der Waals surface area (Å²) in [7, 11) is 0. The maximum Gasteiger partial charge on any atom is 0.225 e. The largest absolute Gasteiger partial charge is 0.396 e. The molecule has 134 valence electrons. The Morgan fingerprint density at radius 3 is 2.54 bits per heavy atom. The number of hydrogen-bond donors (Lipinski definition) is 1. The van der Waals surface area contributed by atoms with Gasteiger partial charge in [0.15, 0.2) is 0 Å². The zero-order valence-corrected chi connectivity index (χ0v) is 15.9. The van der Waals surface area contributed by atoms with Gasteiger partial charge in [0.25, 0.3) is 0 Å². The van der Waals surface area contributed by atoms with Gasteiger partial charge in [0.05, 0.1) is 5.39 Å². The fourth-order valence-corrected chi connectivity index (χ4v) is 5.86. The Morgan fingerprint density at radius 1 is 1.12 bits per heavy atom. The highest BCUT2D eigenvalue weighted by Gasteiger charge is 2.42. The molecule has 5 rings (SSSR count). The molecule has 2 unspecified atom stereocenters. The van der Waals surface area contributed by atoms with Gasteiger partial charge in [-0.05, 0) is 48.8 Å². The molecule has 2 fully saturated rings. The van der Waals surface area contributed by atoms with E-state index < -0.39 is 0 Å². The fourth-order valence-electron chi connectivity index (χ4n) is 4.70. The van der Waals surface area contributed by atoms with Gasteiger partial charge in [-0.3, -0.25) is 0 Å². The van der Waals surface area contributed by atoms with Crippen LogP contribution < -0.4 is 4.90 Å². The highest BCUT2D eigenvalue weighted by molar-refractivity contribution is 7.17. The normalized spacial score (nSPS) is 25.2.